The fraction of sp³-hybridized carbons (Fsp3) is 0.250. The highest BCUT2D eigenvalue weighted by atomic mass is 35.5. The summed E-state index contributed by atoms with van der Waals surface area (Å²) < 4.78 is 11.7. The average Bonchev–Trinajstić information content (AvgIpc) is 3.45. The molecule has 1 N–H and O–H groups in total. The van der Waals surface area contributed by atoms with E-state index in [9.17, 15) is 0 Å². The van der Waals surface area contributed by atoms with Gasteiger partial charge in [0, 0.05) is 17.8 Å². The lowest BCUT2D eigenvalue weighted by molar-refractivity contribution is 0.284. The first kappa shape index (κ1) is 27.2. The molecule has 6 rings (SSSR count). The van der Waals surface area contributed by atoms with Crippen molar-refractivity contribution in [1.82, 2.24) is 0 Å². The molecule has 1 heterocycles. The molecular formula is C36H35ClN2O2. The summed E-state index contributed by atoms with van der Waals surface area (Å²) in [7, 11) is 1.62. The lowest BCUT2D eigenvalue weighted by atomic mass is 9.76. The predicted octanol–water partition coefficient (Wildman–Crippen LogP) is 9.43. The van der Waals surface area contributed by atoms with Crippen LogP contribution in [0.4, 0.5) is 11.4 Å². The van der Waals surface area contributed by atoms with E-state index in [1.807, 2.05) is 18.3 Å². The number of methoxy groups -OCH3 is 1. The summed E-state index contributed by atoms with van der Waals surface area (Å²) in [5.74, 6) is 2.09. The first-order valence-electron chi connectivity index (χ1n) is 14.1. The maximum Gasteiger partial charge on any atom is 0.180 e. The number of aryl methyl sites for hydroxylation is 3. The Balaban J connectivity index is 1.17. The van der Waals surface area contributed by atoms with E-state index in [4.69, 9.17) is 26.1 Å². The Morgan fingerprint density at radius 3 is 2.46 bits per heavy atom. The Labute approximate surface area is 247 Å². The summed E-state index contributed by atoms with van der Waals surface area (Å²) in [6, 6.07) is 25.7. The number of nitrogens with one attached hydrogen (secondary N) is 1. The van der Waals surface area contributed by atoms with Crippen molar-refractivity contribution in [2.24, 2.45) is 10.9 Å². The molecule has 0 aromatic heterocycles. The van der Waals surface area contributed by atoms with Crippen LogP contribution in [0.2, 0.25) is 5.02 Å². The first-order chi connectivity index (χ1) is 19.9. The van der Waals surface area contributed by atoms with Gasteiger partial charge in [-0.25, -0.2) is 0 Å². The SMILES string of the molecule is COc1cc(C=Nc2ccc([C@@H]3Nc4ccc(C)cc4[C@H]4C=CC[C@@H]43)cc2)cc(Cl)c1OCc1cc(C)cc(C)c1. The third-order valence-electron chi connectivity index (χ3n) is 8.05. The molecular weight excluding hydrogens is 528 g/mol. The maximum absolute atomic E-state index is 6.64. The van der Waals surface area contributed by atoms with Gasteiger partial charge >= 0.3 is 0 Å². The van der Waals surface area contributed by atoms with Gasteiger partial charge < -0.3 is 14.8 Å². The zero-order valence-corrected chi connectivity index (χ0v) is 24.7. The van der Waals surface area contributed by atoms with E-state index in [1.165, 1.54) is 33.5 Å². The van der Waals surface area contributed by atoms with Crippen LogP contribution in [-0.2, 0) is 6.61 Å². The number of fused-ring (bicyclic) bond motifs is 3. The van der Waals surface area contributed by atoms with E-state index in [1.54, 1.807) is 7.11 Å². The molecule has 0 bridgehead atoms. The van der Waals surface area contributed by atoms with Crippen molar-refractivity contribution >= 4 is 29.2 Å². The Bertz CT molecular complexity index is 1620. The number of allylic oxidation sites excluding steroid dienone is 2. The van der Waals surface area contributed by atoms with Crippen LogP contribution >= 0.6 is 11.6 Å². The van der Waals surface area contributed by atoms with Gasteiger partial charge in [0.2, 0.25) is 0 Å². The van der Waals surface area contributed by atoms with E-state index in [-0.39, 0.29) is 6.04 Å². The number of hydrogen-bond acceptors (Lipinski definition) is 4. The normalized spacial score (nSPS) is 19.1. The lowest BCUT2D eigenvalue weighted by Gasteiger charge is -2.37. The van der Waals surface area contributed by atoms with Crippen molar-refractivity contribution in [2.45, 2.75) is 45.8 Å². The summed E-state index contributed by atoms with van der Waals surface area (Å²) >= 11 is 6.64. The highest BCUT2D eigenvalue weighted by Gasteiger charge is 2.37. The number of benzene rings is 4. The van der Waals surface area contributed by atoms with Crippen LogP contribution in [0, 0.1) is 26.7 Å². The van der Waals surface area contributed by atoms with E-state index in [2.05, 4.69) is 98.9 Å². The molecule has 0 radical (unpaired) electrons. The van der Waals surface area contributed by atoms with E-state index in [0.717, 1.165) is 23.2 Å². The molecule has 0 fully saturated rings. The number of hydrogen-bond donors (Lipinski definition) is 1. The largest absolute Gasteiger partial charge is 0.493 e. The van der Waals surface area contributed by atoms with Gasteiger partial charge in [0.1, 0.15) is 6.61 Å². The minimum Gasteiger partial charge on any atom is -0.493 e. The number of anilines is 1. The molecule has 41 heavy (non-hydrogen) atoms. The molecule has 0 unspecified atom stereocenters. The molecule has 3 atom stereocenters. The second kappa shape index (κ2) is 11.5. The molecule has 5 heteroatoms. The average molecular weight is 563 g/mol. The second-order valence-corrected chi connectivity index (χ2v) is 11.6. The van der Waals surface area contributed by atoms with Gasteiger partial charge in [0.05, 0.1) is 23.9 Å². The van der Waals surface area contributed by atoms with Gasteiger partial charge in [0.25, 0.3) is 0 Å². The van der Waals surface area contributed by atoms with Crippen LogP contribution in [0.15, 0.2) is 89.9 Å². The highest BCUT2D eigenvalue weighted by molar-refractivity contribution is 6.32. The van der Waals surface area contributed by atoms with Crippen LogP contribution in [0.1, 0.15) is 57.3 Å². The number of halogens is 1. The van der Waals surface area contributed by atoms with E-state index < -0.39 is 0 Å². The number of ether oxygens (including phenoxy) is 2. The Morgan fingerprint density at radius 2 is 1.71 bits per heavy atom. The standard InChI is InChI=1S/C36H35ClN2O2/c1-22-8-13-33-31(17-22)29-6-5-7-30(29)35(39-33)27-9-11-28(12-10-27)38-20-25-18-32(37)36(34(19-25)40-4)41-21-26-15-23(2)14-24(3)16-26/h5-6,8-20,29-30,35,39H,7,21H2,1-4H3/t29-,30-,35-/m0/s1. The molecule has 0 saturated carbocycles. The summed E-state index contributed by atoms with van der Waals surface area (Å²) in [6.45, 7) is 6.75. The second-order valence-electron chi connectivity index (χ2n) is 11.2. The maximum atomic E-state index is 6.64. The van der Waals surface area contributed by atoms with Gasteiger partial charge in [-0.2, -0.15) is 0 Å². The summed E-state index contributed by atoms with van der Waals surface area (Å²) in [4.78, 5) is 4.72. The first-order valence-corrected chi connectivity index (χ1v) is 14.5. The molecule has 0 spiro atoms. The fourth-order valence-electron chi connectivity index (χ4n) is 6.22. The van der Waals surface area contributed by atoms with Crippen LogP contribution in [0.3, 0.4) is 0 Å². The van der Waals surface area contributed by atoms with Crippen LogP contribution in [0.5, 0.6) is 11.5 Å². The third kappa shape index (κ3) is 5.75. The number of aliphatic imine (C=N–C) groups is 1. The fourth-order valence-corrected chi connectivity index (χ4v) is 6.50. The molecule has 208 valence electrons. The zero-order chi connectivity index (χ0) is 28.5. The van der Waals surface area contributed by atoms with Crippen molar-refractivity contribution in [3.05, 3.63) is 129 Å². The molecule has 4 aromatic carbocycles. The third-order valence-corrected chi connectivity index (χ3v) is 8.33. The van der Waals surface area contributed by atoms with Gasteiger partial charge in [-0.3, -0.25) is 4.99 Å². The highest BCUT2D eigenvalue weighted by Crippen LogP contribution is 2.50. The van der Waals surface area contributed by atoms with Crippen molar-refractivity contribution in [1.29, 1.82) is 0 Å². The van der Waals surface area contributed by atoms with Gasteiger partial charge in [-0.15, -0.1) is 0 Å². The topological polar surface area (TPSA) is 42.8 Å². The van der Waals surface area contributed by atoms with Crippen molar-refractivity contribution in [2.75, 3.05) is 12.4 Å². The minimum atomic E-state index is 0.266. The molecule has 1 aliphatic carbocycles. The quantitative estimate of drug-likeness (QED) is 0.180. The Hall–Kier alpha value is -4.02. The Morgan fingerprint density at radius 1 is 0.927 bits per heavy atom. The molecule has 0 saturated heterocycles. The number of nitrogens with zero attached hydrogens (tertiary/aromatic N) is 1. The van der Waals surface area contributed by atoms with Crippen LogP contribution < -0.4 is 14.8 Å². The van der Waals surface area contributed by atoms with Crippen molar-refractivity contribution in [3.8, 4) is 11.5 Å². The zero-order valence-electron chi connectivity index (χ0n) is 23.9. The number of rotatable bonds is 7. The molecule has 0 amide bonds. The summed E-state index contributed by atoms with van der Waals surface area (Å²) in [6.07, 6.45) is 7.61. The smallest absolute Gasteiger partial charge is 0.180 e. The molecule has 2 aliphatic rings. The van der Waals surface area contributed by atoms with Gasteiger partial charge in [0.15, 0.2) is 11.5 Å². The van der Waals surface area contributed by atoms with E-state index >= 15 is 0 Å². The van der Waals surface area contributed by atoms with Crippen molar-refractivity contribution in [3.63, 3.8) is 0 Å². The molecule has 1 aliphatic heterocycles. The monoisotopic (exact) mass is 562 g/mol. The minimum absolute atomic E-state index is 0.266. The van der Waals surface area contributed by atoms with Gasteiger partial charge in [-0.05, 0) is 85.7 Å². The van der Waals surface area contributed by atoms with E-state index in [0.29, 0.717) is 35.0 Å². The van der Waals surface area contributed by atoms with Crippen molar-refractivity contribution < 1.29 is 9.47 Å². The molecule has 4 nitrogen and oxygen atoms in total. The molecule has 4 aromatic rings. The Kier molecular flexibility index (Phi) is 7.59. The van der Waals surface area contributed by atoms with Crippen LogP contribution in [-0.4, -0.2) is 13.3 Å². The van der Waals surface area contributed by atoms with Crippen LogP contribution in [0.25, 0.3) is 0 Å². The lowest BCUT2D eigenvalue weighted by Crippen LogP contribution is -2.29. The predicted molar refractivity (Wildman–Crippen MR) is 169 cm³/mol. The van der Waals surface area contributed by atoms with Gasteiger partial charge in [-0.1, -0.05) is 82.9 Å². The summed E-state index contributed by atoms with van der Waals surface area (Å²) in [5, 5.41) is 4.31. The summed E-state index contributed by atoms with van der Waals surface area (Å²) in [5.41, 5.74) is 10.5.